The van der Waals surface area contributed by atoms with Crippen LogP contribution in [0, 0.1) is 5.92 Å². The molecule has 4 nitrogen and oxygen atoms in total. The van der Waals surface area contributed by atoms with E-state index in [1.54, 1.807) is 0 Å². The Morgan fingerprint density at radius 1 is 1.37 bits per heavy atom. The molecule has 0 saturated carbocycles. The van der Waals surface area contributed by atoms with Crippen molar-refractivity contribution in [1.29, 1.82) is 0 Å². The van der Waals surface area contributed by atoms with Gasteiger partial charge in [0.05, 0.1) is 6.61 Å². The number of nitrogens with one attached hydrogen (secondary N) is 1. The van der Waals surface area contributed by atoms with E-state index in [0.29, 0.717) is 18.1 Å². The Balaban J connectivity index is 2.02. The summed E-state index contributed by atoms with van der Waals surface area (Å²) < 4.78 is 5.66. The van der Waals surface area contributed by atoms with Gasteiger partial charge in [-0.25, -0.2) is 0 Å². The topological polar surface area (TPSA) is 41.6 Å². The zero-order valence-corrected chi connectivity index (χ0v) is 11.7. The van der Waals surface area contributed by atoms with Crippen molar-refractivity contribution in [3.63, 3.8) is 0 Å². The second kappa shape index (κ2) is 6.57. The summed E-state index contributed by atoms with van der Waals surface area (Å²) in [7, 11) is 0. The maximum atomic E-state index is 12.3. The van der Waals surface area contributed by atoms with E-state index in [1.165, 1.54) is 0 Å². The summed E-state index contributed by atoms with van der Waals surface area (Å²) in [6.45, 7) is 8.17. The molecule has 0 aliphatic carbocycles. The first kappa shape index (κ1) is 13.9. The average Bonchev–Trinajstić information content (AvgIpc) is 2.45. The number of carbonyl (C=O) groups excluding carboxylic acids is 1. The number of rotatable bonds is 4. The number of amides is 1. The Hall–Kier alpha value is -1.55. The molecule has 1 fully saturated rings. The van der Waals surface area contributed by atoms with Crippen LogP contribution in [0.3, 0.4) is 0 Å². The largest absolute Gasteiger partial charge is 0.493 e. The predicted octanol–water partition coefficient (Wildman–Crippen LogP) is 1.77. The Morgan fingerprint density at radius 3 is 2.79 bits per heavy atom. The van der Waals surface area contributed by atoms with Crippen molar-refractivity contribution >= 4 is 5.91 Å². The average molecular weight is 262 g/mol. The van der Waals surface area contributed by atoms with Crippen LogP contribution in [-0.4, -0.2) is 43.6 Å². The lowest BCUT2D eigenvalue weighted by atomic mass is 10.1. The number of nitrogens with zero attached hydrogens (tertiary/aromatic N) is 1. The first-order valence-electron chi connectivity index (χ1n) is 6.89. The van der Waals surface area contributed by atoms with E-state index in [1.807, 2.05) is 29.2 Å². The minimum Gasteiger partial charge on any atom is -0.493 e. The van der Waals surface area contributed by atoms with E-state index in [2.05, 4.69) is 19.2 Å². The summed E-state index contributed by atoms with van der Waals surface area (Å²) in [5.41, 5.74) is 0.711. The van der Waals surface area contributed by atoms with Crippen molar-refractivity contribution in [2.45, 2.75) is 13.8 Å². The molecule has 0 radical (unpaired) electrons. The zero-order valence-electron chi connectivity index (χ0n) is 11.7. The summed E-state index contributed by atoms with van der Waals surface area (Å²) in [6, 6.07) is 7.47. The molecule has 0 unspecified atom stereocenters. The fourth-order valence-electron chi connectivity index (χ4n) is 2.03. The van der Waals surface area contributed by atoms with Gasteiger partial charge in [-0.3, -0.25) is 4.79 Å². The second-order valence-electron chi connectivity index (χ2n) is 5.27. The molecule has 1 amide bonds. The normalized spacial score (nSPS) is 15.6. The third-order valence-corrected chi connectivity index (χ3v) is 3.07. The molecule has 4 heteroatoms. The summed E-state index contributed by atoms with van der Waals surface area (Å²) in [5.74, 6) is 1.35. The van der Waals surface area contributed by atoms with E-state index >= 15 is 0 Å². The van der Waals surface area contributed by atoms with Crippen LogP contribution >= 0.6 is 0 Å². The minimum absolute atomic E-state index is 0.0940. The van der Waals surface area contributed by atoms with Gasteiger partial charge in [0.25, 0.3) is 5.91 Å². The zero-order chi connectivity index (χ0) is 13.7. The second-order valence-corrected chi connectivity index (χ2v) is 5.27. The van der Waals surface area contributed by atoms with Crippen molar-refractivity contribution in [2.24, 2.45) is 5.92 Å². The third-order valence-electron chi connectivity index (χ3n) is 3.07. The molecule has 1 heterocycles. The maximum absolute atomic E-state index is 12.3. The Labute approximate surface area is 114 Å². The van der Waals surface area contributed by atoms with Gasteiger partial charge < -0.3 is 15.0 Å². The molecule has 1 aliphatic heterocycles. The summed E-state index contributed by atoms with van der Waals surface area (Å²) in [6.07, 6.45) is 0. The number of hydrogen-bond acceptors (Lipinski definition) is 3. The van der Waals surface area contributed by atoms with E-state index in [-0.39, 0.29) is 5.91 Å². The molecule has 0 spiro atoms. The Kier molecular flexibility index (Phi) is 4.80. The minimum atomic E-state index is 0.0940. The molecule has 0 bridgehead atoms. The molecule has 1 aromatic carbocycles. The standard InChI is InChI=1S/C15H22N2O2/c1-12(2)11-19-14-5-3-4-13(10-14)15(18)17-8-6-16-7-9-17/h3-5,10,12,16H,6-9,11H2,1-2H3. The van der Waals surface area contributed by atoms with Gasteiger partial charge in [-0.15, -0.1) is 0 Å². The van der Waals surface area contributed by atoms with E-state index in [4.69, 9.17) is 4.74 Å². The van der Waals surface area contributed by atoms with Gasteiger partial charge in [-0.2, -0.15) is 0 Å². The van der Waals surface area contributed by atoms with Crippen LogP contribution in [-0.2, 0) is 0 Å². The maximum Gasteiger partial charge on any atom is 0.254 e. The third kappa shape index (κ3) is 3.96. The summed E-state index contributed by atoms with van der Waals surface area (Å²) in [4.78, 5) is 14.2. The first-order chi connectivity index (χ1) is 9.16. The molecule has 1 saturated heterocycles. The number of hydrogen-bond donors (Lipinski definition) is 1. The lowest BCUT2D eigenvalue weighted by molar-refractivity contribution is 0.0735. The van der Waals surface area contributed by atoms with Crippen LogP contribution in [0.2, 0.25) is 0 Å². The lowest BCUT2D eigenvalue weighted by Crippen LogP contribution is -2.46. The molecular weight excluding hydrogens is 240 g/mol. The number of piperazine rings is 1. The van der Waals surface area contributed by atoms with Gasteiger partial charge in [0.1, 0.15) is 5.75 Å². The summed E-state index contributed by atoms with van der Waals surface area (Å²) in [5, 5.41) is 3.25. The van der Waals surface area contributed by atoms with Crippen molar-refractivity contribution in [2.75, 3.05) is 32.8 Å². The fourth-order valence-corrected chi connectivity index (χ4v) is 2.03. The van der Waals surface area contributed by atoms with Crippen molar-refractivity contribution in [3.8, 4) is 5.75 Å². The Bertz CT molecular complexity index is 426. The lowest BCUT2D eigenvalue weighted by Gasteiger charge is -2.27. The quantitative estimate of drug-likeness (QED) is 0.899. The van der Waals surface area contributed by atoms with Crippen molar-refractivity contribution in [1.82, 2.24) is 10.2 Å². The molecule has 0 aromatic heterocycles. The highest BCUT2D eigenvalue weighted by molar-refractivity contribution is 5.94. The van der Waals surface area contributed by atoms with E-state index in [0.717, 1.165) is 31.9 Å². The predicted molar refractivity (Wildman–Crippen MR) is 75.5 cm³/mol. The fraction of sp³-hybridized carbons (Fsp3) is 0.533. The highest BCUT2D eigenvalue weighted by Gasteiger charge is 2.18. The SMILES string of the molecule is CC(C)COc1cccc(C(=O)N2CCNCC2)c1. The molecule has 0 atom stereocenters. The van der Waals surface area contributed by atoms with Crippen LogP contribution in [0.25, 0.3) is 0 Å². The van der Waals surface area contributed by atoms with Gasteiger partial charge in [-0.05, 0) is 24.1 Å². The molecule has 104 valence electrons. The van der Waals surface area contributed by atoms with Crippen LogP contribution in [0.15, 0.2) is 24.3 Å². The van der Waals surface area contributed by atoms with Crippen LogP contribution in [0.1, 0.15) is 24.2 Å². The van der Waals surface area contributed by atoms with Crippen molar-refractivity contribution in [3.05, 3.63) is 29.8 Å². The van der Waals surface area contributed by atoms with Gasteiger partial charge >= 0.3 is 0 Å². The van der Waals surface area contributed by atoms with Crippen LogP contribution < -0.4 is 10.1 Å². The van der Waals surface area contributed by atoms with Crippen LogP contribution in [0.4, 0.5) is 0 Å². The molecular formula is C15H22N2O2. The van der Waals surface area contributed by atoms with Gasteiger partial charge in [0, 0.05) is 31.7 Å². The molecule has 1 N–H and O–H groups in total. The number of benzene rings is 1. The highest BCUT2D eigenvalue weighted by atomic mass is 16.5. The number of ether oxygens (including phenoxy) is 1. The first-order valence-corrected chi connectivity index (χ1v) is 6.89. The molecule has 1 aromatic rings. The highest BCUT2D eigenvalue weighted by Crippen LogP contribution is 2.16. The molecule has 19 heavy (non-hydrogen) atoms. The van der Waals surface area contributed by atoms with Crippen molar-refractivity contribution < 1.29 is 9.53 Å². The van der Waals surface area contributed by atoms with Gasteiger partial charge in [0.2, 0.25) is 0 Å². The monoisotopic (exact) mass is 262 g/mol. The van der Waals surface area contributed by atoms with Gasteiger partial charge in [0.15, 0.2) is 0 Å². The van der Waals surface area contributed by atoms with Gasteiger partial charge in [-0.1, -0.05) is 19.9 Å². The van der Waals surface area contributed by atoms with E-state index < -0.39 is 0 Å². The van der Waals surface area contributed by atoms with Crippen LogP contribution in [0.5, 0.6) is 5.75 Å². The molecule has 1 aliphatic rings. The Morgan fingerprint density at radius 2 is 2.11 bits per heavy atom. The van der Waals surface area contributed by atoms with E-state index in [9.17, 15) is 4.79 Å². The smallest absolute Gasteiger partial charge is 0.254 e. The number of carbonyl (C=O) groups is 1. The molecule has 2 rings (SSSR count). The summed E-state index contributed by atoms with van der Waals surface area (Å²) >= 11 is 0.